The summed E-state index contributed by atoms with van der Waals surface area (Å²) in [5.74, 6) is 1.71. The summed E-state index contributed by atoms with van der Waals surface area (Å²) in [5.41, 5.74) is 6.40. The van der Waals surface area contributed by atoms with Gasteiger partial charge in [0.1, 0.15) is 5.69 Å². The van der Waals surface area contributed by atoms with Gasteiger partial charge >= 0.3 is 0 Å². The number of nitrogens with one attached hydrogen (secondary N) is 1. The molecule has 122 valence electrons. The van der Waals surface area contributed by atoms with Crippen LogP contribution >= 0.6 is 0 Å². The van der Waals surface area contributed by atoms with Crippen molar-refractivity contribution in [2.24, 2.45) is 0 Å². The molecule has 0 aliphatic carbocycles. The monoisotopic (exact) mass is 323 g/mol. The molecule has 24 heavy (non-hydrogen) atoms. The second kappa shape index (κ2) is 5.61. The molecule has 0 radical (unpaired) electrons. The normalized spacial score (nSPS) is 13.2. The van der Waals surface area contributed by atoms with Gasteiger partial charge in [-0.3, -0.25) is 9.99 Å². The molecule has 2 aromatic heterocycles. The van der Waals surface area contributed by atoms with E-state index in [9.17, 15) is 0 Å². The summed E-state index contributed by atoms with van der Waals surface area (Å²) in [7, 11) is 0. The zero-order valence-corrected chi connectivity index (χ0v) is 13.6. The van der Waals surface area contributed by atoms with Crippen LogP contribution in [0.25, 0.3) is 22.8 Å². The summed E-state index contributed by atoms with van der Waals surface area (Å²) >= 11 is 0. The Labute approximate surface area is 139 Å². The molecule has 7 heteroatoms. The molecular formula is C17H17N5O2. The lowest BCUT2D eigenvalue weighted by atomic mass is 10.1. The van der Waals surface area contributed by atoms with Gasteiger partial charge in [-0.1, -0.05) is 10.7 Å². The van der Waals surface area contributed by atoms with Crippen molar-refractivity contribution in [2.45, 2.75) is 26.8 Å². The van der Waals surface area contributed by atoms with Crippen molar-refractivity contribution in [3.05, 3.63) is 42.2 Å². The van der Waals surface area contributed by atoms with Gasteiger partial charge in [-0.05, 0) is 51.1 Å². The van der Waals surface area contributed by atoms with Crippen LogP contribution in [0.2, 0.25) is 0 Å². The highest BCUT2D eigenvalue weighted by molar-refractivity contribution is 5.70. The van der Waals surface area contributed by atoms with Crippen molar-refractivity contribution >= 4 is 5.69 Å². The minimum atomic E-state index is 0.280. The van der Waals surface area contributed by atoms with Crippen LogP contribution in [-0.4, -0.2) is 21.2 Å². The predicted octanol–water partition coefficient (Wildman–Crippen LogP) is 3.13. The third kappa shape index (κ3) is 2.39. The van der Waals surface area contributed by atoms with Crippen LogP contribution in [0.15, 0.2) is 41.1 Å². The molecule has 3 aromatic rings. The number of fused-ring (bicyclic) bond motifs is 1. The Morgan fingerprint density at radius 1 is 1.21 bits per heavy atom. The standard InChI is InChI=1S/C17H17N5O2/c1-10(2)22-14-7-6-12(9-15(14)23-21-22)16-19-17(24-20-16)13-5-4-8-18-11(13)3/h4-10,21H,1-3H3. The number of hydrazine groups is 1. The first kappa shape index (κ1) is 14.6. The number of benzene rings is 1. The molecule has 0 bridgehead atoms. The molecule has 0 atom stereocenters. The molecule has 0 fully saturated rings. The molecule has 4 rings (SSSR count). The number of hydrogen-bond donors (Lipinski definition) is 1. The number of anilines is 1. The Morgan fingerprint density at radius 2 is 2.08 bits per heavy atom. The van der Waals surface area contributed by atoms with Gasteiger partial charge in [0.25, 0.3) is 5.89 Å². The maximum atomic E-state index is 5.52. The lowest BCUT2D eigenvalue weighted by Gasteiger charge is -2.20. The predicted molar refractivity (Wildman–Crippen MR) is 89.1 cm³/mol. The molecule has 1 aliphatic rings. The topological polar surface area (TPSA) is 76.3 Å². The van der Waals surface area contributed by atoms with E-state index in [2.05, 4.69) is 34.6 Å². The van der Waals surface area contributed by atoms with E-state index in [1.165, 1.54) is 0 Å². The van der Waals surface area contributed by atoms with E-state index in [-0.39, 0.29) is 6.04 Å². The van der Waals surface area contributed by atoms with Gasteiger partial charge in [-0.15, -0.1) is 0 Å². The molecule has 0 saturated heterocycles. The van der Waals surface area contributed by atoms with Crippen LogP contribution in [0.1, 0.15) is 19.5 Å². The van der Waals surface area contributed by atoms with E-state index in [1.54, 1.807) is 6.20 Å². The number of pyridine rings is 1. The third-order valence-electron chi connectivity index (χ3n) is 3.91. The molecule has 0 unspecified atom stereocenters. The Hall–Kier alpha value is -2.93. The fraction of sp³-hybridized carbons (Fsp3) is 0.235. The molecule has 1 aliphatic heterocycles. The maximum absolute atomic E-state index is 5.52. The highest BCUT2D eigenvalue weighted by atomic mass is 16.7. The van der Waals surface area contributed by atoms with Gasteiger partial charge in [-0.2, -0.15) is 4.98 Å². The first-order chi connectivity index (χ1) is 11.6. The largest absolute Gasteiger partial charge is 0.387 e. The van der Waals surface area contributed by atoms with Crippen LogP contribution in [0.5, 0.6) is 5.75 Å². The molecule has 7 nitrogen and oxygen atoms in total. The molecule has 1 aromatic carbocycles. The average molecular weight is 323 g/mol. The molecule has 1 N–H and O–H groups in total. The fourth-order valence-corrected chi connectivity index (χ4v) is 2.63. The molecular weight excluding hydrogens is 306 g/mol. The van der Waals surface area contributed by atoms with E-state index in [1.807, 2.05) is 42.3 Å². The van der Waals surface area contributed by atoms with Crippen LogP contribution < -0.4 is 15.4 Å². The quantitative estimate of drug-likeness (QED) is 0.793. The Kier molecular flexibility index (Phi) is 3.42. The Morgan fingerprint density at radius 3 is 2.88 bits per heavy atom. The van der Waals surface area contributed by atoms with Gasteiger partial charge in [0.15, 0.2) is 5.75 Å². The fourth-order valence-electron chi connectivity index (χ4n) is 2.63. The Bertz CT molecular complexity index is 890. The lowest BCUT2D eigenvalue weighted by Crippen LogP contribution is -2.40. The summed E-state index contributed by atoms with van der Waals surface area (Å²) in [5, 5.41) is 6.04. The van der Waals surface area contributed by atoms with Crippen molar-refractivity contribution in [1.82, 2.24) is 20.7 Å². The molecule has 0 spiro atoms. The summed E-state index contributed by atoms with van der Waals surface area (Å²) in [6.07, 6.45) is 1.74. The van der Waals surface area contributed by atoms with E-state index in [0.717, 1.165) is 28.3 Å². The van der Waals surface area contributed by atoms with Gasteiger partial charge in [0, 0.05) is 23.5 Å². The summed E-state index contributed by atoms with van der Waals surface area (Å²) in [6.45, 7) is 6.08. The minimum absolute atomic E-state index is 0.280. The van der Waals surface area contributed by atoms with Crippen molar-refractivity contribution in [2.75, 3.05) is 5.01 Å². The summed E-state index contributed by atoms with van der Waals surface area (Å²) in [4.78, 5) is 14.3. The van der Waals surface area contributed by atoms with E-state index < -0.39 is 0 Å². The number of aromatic nitrogens is 3. The first-order valence-electron chi connectivity index (χ1n) is 7.75. The smallest absolute Gasteiger partial charge is 0.260 e. The zero-order valence-electron chi connectivity index (χ0n) is 13.6. The number of rotatable bonds is 3. The maximum Gasteiger partial charge on any atom is 0.260 e. The van der Waals surface area contributed by atoms with E-state index in [4.69, 9.17) is 9.36 Å². The van der Waals surface area contributed by atoms with Crippen LogP contribution in [-0.2, 0) is 0 Å². The van der Waals surface area contributed by atoms with Crippen molar-refractivity contribution < 1.29 is 9.36 Å². The Balaban J connectivity index is 1.68. The van der Waals surface area contributed by atoms with Gasteiger partial charge < -0.3 is 9.36 Å². The lowest BCUT2D eigenvalue weighted by molar-refractivity contribution is 0.206. The zero-order chi connectivity index (χ0) is 16.7. The SMILES string of the molecule is Cc1ncccc1-c1nc(-c2ccc3c(c2)ONN3C(C)C)no1. The highest BCUT2D eigenvalue weighted by Gasteiger charge is 2.24. The van der Waals surface area contributed by atoms with Gasteiger partial charge in [0.05, 0.1) is 5.56 Å². The molecule has 0 amide bonds. The molecule has 3 heterocycles. The molecule has 0 saturated carbocycles. The number of hydrogen-bond acceptors (Lipinski definition) is 7. The van der Waals surface area contributed by atoms with Crippen molar-refractivity contribution in [3.63, 3.8) is 0 Å². The van der Waals surface area contributed by atoms with Crippen molar-refractivity contribution in [1.29, 1.82) is 0 Å². The van der Waals surface area contributed by atoms with Crippen molar-refractivity contribution in [3.8, 4) is 28.6 Å². The van der Waals surface area contributed by atoms with Gasteiger partial charge in [0.2, 0.25) is 5.82 Å². The van der Waals surface area contributed by atoms with Gasteiger partial charge in [-0.25, -0.2) is 0 Å². The van der Waals surface area contributed by atoms with E-state index in [0.29, 0.717) is 11.7 Å². The van der Waals surface area contributed by atoms with Crippen LogP contribution in [0.4, 0.5) is 5.69 Å². The number of nitrogens with zero attached hydrogens (tertiary/aromatic N) is 4. The second-order valence-corrected chi connectivity index (χ2v) is 5.90. The summed E-state index contributed by atoms with van der Waals surface area (Å²) in [6, 6.07) is 9.88. The third-order valence-corrected chi connectivity index (χ3v) is 3.91. The van der Waals surface area contributed by atoms with E-state index >= 15 is 0 Å². The highest BCUT2D eigenvalue weighted by Crippen LogP contribution is 2.36. The minimum Gasteiger partial charge on any atom is -0.387 e. The number of aryl methyl sites for hydroxylation is 1. The second-order valence-electron chi connectivity index (χ2n) is 5.90. The average Bonchev–Trinajstić information content (AvgIpc) is 3.21. The van der Waals surface area contributed by atoms with Crippen LogP contribution in [0, 0.1) is 6.92 Å². The van der Waals surface area contributed by atoms with Crippen LogP contribution in [0.3, 0.4) is 0 Å². The first-order valence-corrected chi connectivity index (χ1v) is 7.75. The summed E-state index contributed by atoms with van der Waals surface area (Å²) < 4.78 is 5.40.